The van der Waals surface area contributed by atoms with Gasteiger partial charge in [0.15, 0.2) is 0 Å². The summed E-state index contributed by atoms with van der Waals surface area (Å²) in [7, 11) is 0. The number of rotatable bonds is 7. The topological polar surface area (TPSA) is 21.7 Å². The second-order valence-electron chi connectivity index (χ2n) is 6.08. The minimum absolute atomic E-state index is 0.543. The number of hydrogen-bond acceptors (Lipinski definition) is 3. The summed E-state index contributed by atoms with van der Waals surface area (Å²) in [5, 5.41) is 0.745. The van der Waals surface area contributed by atoms with E-state index in [-0.39, 0.29) is 0 Å². The Bertz CT molecular complexity index is 641. The van der Waals surface area contributed by atoms with E-state index in [1.807, 2.05) is 30.3 Å². The van der Waals surface area contributed by atoms with Crippen molar-refractivity contribution in [2.75, 3.05) is 32.8 Å². The molecule has 0 atom stereocenters. The first-order chi connectivity index (χ1) is 11.8. The Kier molecular flexibility index (Phi) is 6.53. The Morgan fingerprint density at radius 2 is 1.88 bits per heavy atom. The molecule has 1 heterocycles. The molecule has 0 radical (unpaired) electrons. The molecule has 1 aliphatic rings. The third kappa shape index (κ3) is 5.23. The van der Waals surface area contributed by atoms with E-state index in [0.717, 1.165) is 62.0 Å². The molecule has 0 spiro atoms. The van der Waals surface area contributed by atoms with Gasteiger partial charge in [0.05, 0.1) is 13.2 Å². The Labute approximate surface area is 149 Å². The Hall–Kier alpha value is -1.55. The highest BCUT2D eigenvalue weighted by atomic mass is 35.5. The highest BCUT2D eigenvalue weighted by Gasteiger charge is 2.10. The van der Waals surface area contributed by atoms with Crippen LogP contribution >= 0.6 is 11.6 Å². The summed E-state index contributed by atoms with van der Waals surface area (Å²) >= 11 is 6.03. The summed E-state index contributed by atoms with van der Waals surface area (Å²) < 4.78 is 11.4. The lowest BCUT2D eigenvalue weighted by Gasteiger charge is -2.26. The van der Waals surface area contributed by atoms with Gasteiger partial charge in [-0.25, -0.2) is 0 Å². The molecular formula is C20H24ClNO2. The maximum absolute atomic E-state index is 6.03. The molecule has 0 unspecified atom stereocenters. The van der Waals surface area contributed by atoms with Gasteiger partial charge < -0.3 is 9.47 Å². The van der Waals surface area contributed by atoms with E-state index in [0.29, 0.717) is 6.61 Å². The lowest BCUT2D eigenvalue weighted by Crippen LogP contribution is -2.36. The van der Waals surface area contributed by atoms with Gasteiger partial charge in [-0.15, -0.1) is 0 Å². The van der Waals surface area contributed by atoms with Gasteiger partial charge >= 0.3 is 0 Å². The molecule has 0 aliphatic carbocycles. The zero-order valence-corrected chi connectivity index (χ0v) is 14.7. The summed E-state index contributed by atoms with van der Waals surface area (Å²) in [6, 6.07) is 16.1. The van der Waals surface area contributed by atoms with Crippen molar-refractivity contribution in [1.29, 1.82) is 0 Å². The molecule has 0 saturated carbocycles. The van der Waals surface area contributed by atoms with Crippen molar-refractivity contribution in [2.24, 2.45) is 0 Å². The monoisotopic (exact) mass is 345 g/mol. The number of ether oxygens (including phenoxy) is 2. The first kappa shape index (κ1) is 17.3. The average molecular weight is 346 g/mol. The molecule has 4 heteroatoms. The Balaban J connectivity index is 1.52. The standard InChI is InChI=1S/C20H24ClNO2/c21-19-8-3-5-17(15-19)16-24-20-9-2-1-6-18(20)7-4-10-22-11-13-23-14-12-22/h1-3,5-6,8-9,15H,4,7,10-14,16H2. The molecule has 0 N–H and O–H groups in total. The first-order valence-corrected chi connectivity index (χ1v) is 8.94. The molecule has 3 rings (SSSR count). The number of halogens is 1. The fraction of sp³-hybridized carbons (Fsp3) is 0.400. The van der Waals surface area contributed by atoms with Crippen LogP contribution in [0.5, 0.6) is 5.75 Å². The minimum atomic E-state index is 0.543. The van der Waals surface area contributed by atoms with Crippen molar-refractivity contribution < 1.29 is 9.47 Å². The molecule has 1 saturated heterocycles. The van der Waals surface area contributed by atoms with E-state index in [1.54, 1.807) is 0 Å². The summed E-state index contributed by atoms with van der Waals surface area (Å²) in [6.07, 6.45) is 2.17. The quantitative estimate of drug-likeness (QED) is 0.751. The van der Waals surface area contributed by atoms with Gasteiger partial charge in [-0.1, -0.05) is 41.9 Å². The second kappa shape index (κ2) is 9.07. The summed E-state index contributed by atoms with van der Waals surface area (Å²) in [6.45, 7) is 5.48. The third-order valence-corrected chi connectivity index (χ3v) is 4.52. The van der Waals surface area contributed by atoms with Crippen LogP contribution in [-0.4, -0.2) is 37.7 Å². The van der Waals surface area contributed by atoms with Gasteiger partial charge in [-0.05, 0) is 48.7 Å². The maximum atomic E-state index is 6.03. The van der Waals surface area contributed by atoms with Crippen LogP contribution in [-0.2, 0) is 17.8 Å². The van der Waals surface area contributed by atoms with Crippen molar-refractivity contribution in [2.45, 2.75) is 19.4 Å². The van der Waals surface area contributed by atoms with Crippen molar-refractivity contribution in [3.8, 4) is 5.75 Å². The van der Waals surface area contributed by atoms with Crippen molar-refractivity contribution >= 4 is 11.6 Å². The molecule has 0 aromatic heterocycles. The molecule has 128 valence electrons. The molecular weight excluding hydrogens is 322 g/mol. The van der Waals surface area contributed by atoms with Gasteiger partial charge in [0.2, 0.25) is 0 Å². The van der Waals surface area contributed by atoms with E-state index < -0.39 is 0 Å². The van der Waals surface area contributed by atoms with Crippen LogP contribution in [0.25, 0.3) is 0 Å². The van der Waals surface area contributed by atoms with Crippen molar-refractivity contribution in [1.82, 2.24) is 4.90 Å². The van der Waals surface area contributed by atoms with E-state index in [1.165, 1.54) is 5.56 Å². The van der Waals surface area contributed by atoms with Gasteiger partial charge in [0, 0.05) is 18.1 Å². The van der Waals surface area contributed by atoms with Crippen LogP contribution in [0.2, 0.25) is 5.02 Å². The zero-order chi connectivity index (χ0) is 16.6. The van der Waals surface area contributed by atoms with Gasteiger partial charge in [0.1, 0.15) is 12.4 Å². The number of aryl methyl sites for hydroxylation is 1. The van der Waals surface area contributed by atoms with E-state index in [4.69, 9.17) is 21.1 Å². The van der Waals surface area contributed by atoms with Crippen LogP contribution < -0.4 is 4.74 Å². The Morgan fingerprint density at radius 1 is 1.04 bits per heavy atom. The minimum Gasteiger partial charge on any atom is -0.489 e. The van der Waals surface area contributed by atoms with Crippen LogP contribution in [0.3, 0.4) is 0 Å². The van der Waals surface area contributed by atoms with Crippen LogP contribution in [0.4, 0.5) is 0 Å². The van der Waals surface area contributed by atoms with Crippen LogP contribution in [0.1, 0.15) is 17.5 Å². The number of hydrogen-bond donors (Lipinski definition) is 0. The average Bonchev–Trinajstić information content (AvgIpc) is 2.62. The largest absolute Gasteiger partial charge is 0.489 e. The highest BCUT2D eigenvalue weighted by Crippen LogP contribution is 2.22. The molecule has 0 bridgehead atoms. The zero-order valence-electron chi connectivity index (χ0n) is 13.9. The predicted octanol–water partition coefficient (Wildman–Crippen LogP) is 4.18. The second-order valence-corrected chi connectivity index (χ2v) is 6.52. The van der Waals surface area contributed by atoms with Gasteiger partial charge in [-0.3, -0.25) is 4.90 Å². The molecule has 2 aromatic rings. The Morgan fingerprint density at radius 3 is 2.71 bits per heavy atom. The lowest BCUT2D eigenvalue weighted by atomic mass is 10.1. The van der Waals surface area contributed by atoms with E-state index in [9.17, 15) is 0 Å². The number of para-hydroxylation sites is 1. The molecule has 1 aliphatic heterocycles. The fourth-order valence-electron chi connectivity index (χ4n) is 2.96. The highest BCUT2D eigenvalue weighted by molar-refractivity contribution is 6.30. The third-order valence-electron chi connectivity index (χ3n) is 4.28. The maximum Gasteiger partial charge on any atom is 0.122 e. The van der Waals surface area contributed by atoms with E-state index >= 15 is 0 Å². The molecule has 1 fully saturated rings. The van der Waals surface area contributed by atoms with Crippen molar-refractivity contribution in [3.05, 3.63) is 64.7 Å². The lowest BCUT2D eigenvalue weighted by molar-refractivity contribution is 0.0374. The number of nitrogens with zero attached hydrogens (tertiary/aromatic N) is 1. The van der Waals surface area contributed by atoms with Crippen molar-refractivity contribution in [3.63, 3.8) is 0 Å². The van der Waals surface area contributed by atoms with Crippen LogP contribution in [0.15, 0.2) is 48.5 Å². The number of benzene rings is 2. The summed E-state index contributed by atoms with van der Waals surface area (Å²) in [5.41, 5.74) is 2.36. The normalized spacial score (nSPS) is 15.4. The smallest absolute Gasteiger partial charge is 0.122 e. The fourth-order valence-corrected chi connectivity index (χ4v) is 3.17. The summed E-state index contributed by atoms with van der Waals surface area (Å²) in [5.74, 6) is 0.972. The number of morpholine rings is 1. The van der Waals surface area contributed by atoms with Gasteiger partial charge in [-0.2, -0.15) is 0 Å². The van der Waals surface area contributed by atoms with Crippen LogP contribution in [0, 0.1) is 0 Å². The molecule has 2 aromatic carbocycles. The summed E-state index contributed by atoms with van der Waals surface area (Å²) in [4.78, 5) is 2.47. The molecule has 24 heavy (non-hydrogen) atoms. The molecule has 3 nitrogen and oxygen atoms in total. The van der Waals surface area contributed by atoms with E-state index in [2.05, 4.69) is 23.1 Å². The molecule has 0 amide bonds. The first-order valence-electron chi connectivity index (χ1n) is 8.56. The SMILES string of the molecule is Clc1cccc(COc2ccccc2CCCN2CCOCC2)c1. The van der Waals surface area contributed by atoms with Gasteiger partial charge in [0.25, 0.3) is 0 Å². The predicted molar refractivity (Wildman–Crippen MR) is 97.8 cm³/mol.